The Balaban J connectivity index is 1.16. The summed E-state index contributed by atoms with van der Waals surface area (Å²) < 4.78 is 4.78. The van der Waals surface area contributed by atoms with E-state index in [1.54, 1.807) is 6.33 Å². The topological polar surface area (TPSA) is 129 Å². The van der Waals surface area contributed by atoms with Crippen molar-refractivity contribution in [1.29, 1.82) is 0 Å². The van der Waals surface area contributed by atoms with Gasteiger partial charge >= 0.3 is 6.09 Å². The number of fused-ring (bicyclic) bond motifs is 4. The predicted octanol–water partition coefficient (Wildman–Crippen LogP) is 6.21. The largest absolute Gasteiger partial charge is 0.453 e. The number of pyridine rings is 1. The van der Waals surface area contributed by atoms with E-state index in [0.717, 1.165) is 88.3 Å². The molecule has 1 aliphatic heterocycles. The summed E-state index contributed by atoms with van der Waals surface area (Å²) in [6.45, 7) is 4.48. The number of H-pyrrole nitrogens is 2. The Morgan fingerprint density at radius 2 is 1.89 bits per heavy atom. The van der Waals surface area contributed by atoms with E-state index in [1.165, 1.54) is 12.7 Å². The highest BCUT2D eigenvalue weighted by Crippen LogP contribution is 2.38. The fraction of sp³-hybridized carbons (Fsp3) is 0.343. The molecule has 1 fully saturated rings. The summed E-state index contributed by atoms with van der Waals surface area (Å²) in [6.07, 6.45) is 7.45. The van der Waals surface area contributed by atoms with E-state index in [4.69, 9.17) is 14.7 Å². The normalized spacial score (nSPS) is 16.7. The van der Waals surface area contributed by atoms with Crippen molar-refractivity contribution in [3.63, 3.8) is 0 Å². The van der Waals surface area contributed by atoms with E-state index in [1.807, 2.05) is 24.9 Å². The number of carbonyl (C=O) groups excluding carboxylic acids is 2. The lowest BCUT2D eigenvalue weighted by Crippen LogP contribution is -2.51. The third-order valence-electron chi connectivity index (χ3n) is 9.07. The van der Waals surface area contributed by atoms with E-state index in [-0.39, 0.29) is 17.9 Å². The summed E-state index contributed by atoms with van der Waals surface area (Å²) in [5, 5.41) is 3.81. The number of methoxy groups -OCH3 is 1. The fourth-order valence-corrected chi connectivity index (χ4v) is 6.70. The Hall–Kier alpha value is -4.99. The van der Waals surface area contributed by atoms with Crippen molar-refractivity contribution in [2.45, 2.75) is 58.0 Å². The summed E-state index contributed by atoms with van der Waals surface area (Å²) in [6, 6.07) is 16.2. The first kappa shape index (κ1) is 28.8. The third-order valence-corrected chi connectivity index (χ3v) is 9.07. The van der Waals surface area contributed by atoms with Gasteiger partial charge in [-0.1, -0.05) is 38.1 Å². The number of ether oxygens (including phenoxy) is 1. The van der Waals surface area contributed by atoms with Crippen LogP contribution in [0.1, 0.15) is 56.2 Å². The molecule has 2 atom stereocenters. The highest BCUT2D eigenvalue weighted by molar-refractivity contribution is 5.87. The van der Waals surface area contributed by atoms with Crippen LogP contribution in [0.3, 0.4) is 0 Å². The standard InChI is InChI=1S/C35H37N7O3/c1-20(2)31(41-35(44)45-3)34(43)42-15-5-8-30(42)33-39-28-7-4-6-21-16-22(9-12-25(21)32(28)40-33)26-13-10-23-17-24(11-14-27(23)38-26)29-18-36-19-37-29/h9-14,16-20,30-31H,4-8,15H2,1-3H3,(H,36,37)(H,39,40)(H,41,44). The molecule has 7 rings (SSSR count). The molecule has 0 spiro atoms. The molecule has 4 heterocycles. The number of alkyl carbamates (subject to hydrolysis) is 1. The van der Waals surface area contributed by atoms with Gasteiger partial charge in [0.25, 0.3) is 0 Å². The lowest BCUT2D eigenvalue weighted by Gasteiger charge is -2.30. The van der Waals surface area contributed by atoms with Crippen LogP contribution in [-0.2, 0) is 22.4 Å². The first-order chi connectivity index (χ1) is 21.9. The second-order valence-electron chi connectivity index (χ2n) is 12.3. The highest BCUT2D eigenvalue weighted by Gasteiger charge is 2.38. The number of carbonyl (C=O) groups is 2. The molecule has 0 radical (unpaired) electrons. The van der Waals surface area contributed by atoms with Crippen LogP contribution in [0, 0.1) is 5.92 Å². The van der Waals surface area contributed by atoms with E-state index in [0.29, 0.717) is 6.54 Å². The number of rotatable bonds is 6. The van der Waals surface area contributed by atoms with Crippen molar-refractivity contribution in [3.8, 4) is 33.8 Å². The Kier molecular flexibility index (Phi) is 7.56. The van der Waals surface area contributed by atoms with Crippen molar-refractivity contribution in [2.24, 2.45) is 5.92 Å². The molecule has 230 valence electrons. The van der Waals surface area contributed by atoms with Crippen LogP contribution in [0.25, 0.3) is 44.7 Å². The van der Waals surface area contributed by atoms with E-state index < -0.39 is 12.1 Å². The zero-order chi connectivity index (χ0) is 31.1. The van der Waals surface area contributed by atoms with Gasteiger partial charge in [-0.3, -0.25) is 4.79 Å². The van der Waals surface area contributed by atoms with Crippen LogP contribution in [0.5, 0.6) is 0 Å². The first-order valence-electron chi connectivity index (χ1n) is 15.7. The van der Waals surface area contributed by atoms with E-state index in [9.17, 15) is 9.59 Å². The molecule has 2 aromatic carbocycles. The number of nitrogens with zero attached hydrogens (tertiary/aromatic N) is 4. The van der Waals surface area contributed by atoms with Gasteiger partial charge in [0.1, 0.15) is 11.9 Å². The van der Waals surface area contributed by atoms with Crippen LogP contribution in [0.2, 0.25) is 0 Å². The molecule has 0 saturated carbocycles. The number of hydrogen-bond acceptors (Lipinski definition) is 6. The van der Waals surface area contributed by atoms with Crippen molar-refractivity contribution in [1.82, 2.24) is 35.1 Å². The van der Waals surface area contributed by atoms with Crippen molar-refractivity contribution in [3.05, 3.63) is 78.1 Å². The maximum absolute atomic E-state index is 13.6. The molecule has 10 nitrogen and oxygen atoms in total. The molecular formula is C35H37N7O3. The molecule has 1 saturated heterocycles. The quantitative estimate of drug-likeness (QED) is 0.212. The minimum atomic E-state index is -0.660. The van der Waals surface area contributed by atoms with Gasteiger partial charge in [-0.15, -0.1) is 0 Å². The molecule has 5 aromatic rings. The number of likely N-dealkylation sites (tertiary alicyclic amines) is 1. The van der Waals surface area contributed by atoms with Crippen LogP contribution in [-0.4, -0.2) is 61.5 Å². The predicted molar refractivity (Wildman–Crippen MR) is 172 cm³/mol. The SMILES string of the molecule is COC(=O)NC(C(=O)N1CCCC1c1nc2c([nH]1)CCCc1cc(-c3ccc4cc(-c5cnc[nH]5)ccc4n3)ccc1-2)C(C)C. The van der Waals surface area contributed by atoms with Gasteiger partial charge in [0.2, 0.25) is 5.91 Å². The van der Waals surface area contributed by atoms with Crippen molar-refractivity contribution in [2.75, 3.05) is 13.7 Å². The Labute approximate surface area is 261 Å². The molecule has 2 amide bonds. The molecular weight excluding hydrogens is 566 g/mol. The van der Waals surface area contributed by atoms with Gasteiger partial charge in [0, 0.05) is 34.3 Å². The number of aryl methyl sites for hydroxylation is 2. The molecule has 1 aliphatic carbocycles. The van der Waals surface area contributed by atoms with E-state index in [2.05, 4.69) is 68.8 Å². The van der Waals surface area contributed by atoms with Crippen molar-refractivity contribution >= 4 is 22.9 Å². The number of amides is 2. The zero-order valence-corrected chi connectivity index (χ0v) is 25.8. The number of nitrogens with one attached hydrogen (secondary N) is 3. The molecule has 3 N–H and O–H groups in total. The van der Waals surface area contributed by atoms with Crippen LogP contribution in [0.15, 0.2) is 61.1 Å². The Morgan fingerprint density at radius 1 is 1.02 bits per heavy atom. The van der Waals surface area contributed by atoms with Gasteiger partial charge in [-0.2, -0.15) is 0 Å². The molecule has 2 aliphatic rings. The first-order valence-corrected chi connectivity index (χ1v) is 15.7. The minimum absolute atomic E-state index is 0.0798. The number of hydrogen-bond donors (Lipinski definition) is 3. The van der Waals surface area contributed by atoms with Gasteiger partial charge in [-0.05, 0) is 67.9 Å². The minimum Gasteiger partial charge on any atom is -0.453 e. The average molecular weight is 604 g/mol. The molecule has 2 unspecified atom stereocenters. The molecule has 10 heteroatoms. The average Bonchev–Trinajstić information content (AvgIpc) is 3.83. The lowest BCUT2D eigenvalue weighted by atomic mass is 9.98. The number of imidazole rings is 2. The number of aromatic nitrogens is 5. The Bertz CT molecular complexity index is 1880. The third kappa shape index (κ3) is 5.45. The number of benzene rings is 2. The van der Waals surface area contributed by atoms with Crippen LogP contribution >= 0.6 is 0 Å². The summed E-state index contributed by atoms with van der Waals surface area (Å²) in [5.74, 6) is 0.632. The van der Waals surface area contributed by atoms with Crippen molar-refractivity contribution < 1.29 is 14.3 Å². The fourth-order valence-electron chi connectivity index (χ4n) is 6.70. The molecule has 3 aromatic heterocycles. The second-order valence-corrected chi connectivity index (χ2v) is 12.3. The summed E-state index contributed by atoms with van der Waals surface area (Å²) in [4.78, 5) is 48.5. The monoisotopic (exact) mass is 603 g/mol. The highest BCUT2D eigenvalue weighted by atomic mass is 16.5. The molecule has 45 heavy (non-hydrogen) atoms. The van der Waals surface area contributed by atoms with Crippen LogP contribution < -0.4 is 5.32 Å². The summed E-state index contributed by atoms with van der Waals surface area (Å²) >= 11 is 0. The van der Waals surface area contributed by atoms with Gasteiger partial charge in [-0.25, -0.2) is 19.7 Å². The smallest absolute Gasteiger partial charge is 0.407 e. The van der Waals surface area contributed by atoms with Gasteiger partial charge < -0.3 is 24.9 Å². The Morgan fingerprint density at radius 3 is 2.69 bits per heavy atom. The zero-order valence-electron chi connectivity index (χ0n) is 25.8. The summed E-state index contributed by atoms with van der Waals surface area (Å²) in [7, 11) is 1.31. The lowest BCUT2D eigenvalue weighted by molar-refractivity contribution is -0.135. The van der Waals surface area contributed by atoms with Gasteiger partial charge in [0.05, 0.1) is 48.3 Å². The summed E-state index contributed by atoms with van der Waals surface area (Å²) in [5.41, 5.74) is 9.48. The number of aromatic amines is 2. The van der Waals surface area contributed by atoms with Crippen LogP contribution in [0.4, 0.5) is 4.79 Å². The maximum atomic E-state index is 13.6. The molecule has 0 bridgehead atoms. The van der Waals surface area contributed by atoms with E-state index >= 15 is 0 Å². The van der Waals surface area contributed by atoms with Gasteiger partial charge in [0.15, 0.2) is 0 Å². The second kappa shape index (κ2) is 11.8. The maximum Gasteiger partial charge on any atom is 0.407 e.